The van der Waals surface area contributed by atoms with E-state index in [0.29, 0.717) is 19.0 Å². The van der Waals surface area contributed by atoms with Crippen LogP contribution in [0.25, 0.3) is 0 Å². The Morgan fingerprint density at radius 3 is 2.61 bits per heavy atom. The molecule has 0 aliphatic carbocycles. The predicted molar refractivity (Wildman–Crippen MR) is 69.1 cm³/mol. The summed E-state index contributed by atoms with van der Waals surface area (Å²) in [6.45, 7) is 3.15. The molecule has 18 heavy (non-hydrogen) atoms. The normalized spacial score (nSPS) is 13.3. The van der Waals surface area contributed by atoms with Crippen LogP contribution >= 0.6 is 0 Å². The number of hydrogen-bond acceptors (Lipinski definition) is 4. The van der Waals surface area contributed by atoms with E-state index < -0.39 is 15.8 Å². The number of sulfonamides is 1. The molecule has 0 aromatic heterocycles. The number of primary sulfonamides is 1. The largest absolute Gasteiger partial charge is 0.382 e. The highest BCUT2D eigenvalue weighted by Crippen LogP contribution is 2.18. The number of hydrogen-bond donors (Lipinski definition) is 3. The Morgan fingerprint density at radius 1 is 1.44 bits per heavy atom. The first-order valence-corrected chi connectivity index (χ1v) is 7.15. The highest BCUT2D eigenvalue weighted by Gasteiger charge is 2.11. The molecule has 0 heterocycles. The van der Waals surface area contributed by atoms with Gasteiger partial charge in [0, 0.05) is 6.54 Å². The van der Waals surface area contributed by atoms with Crippen LogP contribution in [0.3, 0.4) is 0 Å². The summed E-state index contributed by atoms with van der Waals surface area (Å²) in [6, 6.07) is 3.55. The van der Waals surface area contributed by atoms with Crippen LogP contribution in [-0.4, -0.2) is 21.5 Å². The number of rotatable bonds is 6. The van der Waals surface area contributed by atoms with Crippen molar-refractivity contribution in [3.63, 3.8) is 0 Å². The van der Waals surface area contributed by atoms with Gasteiger partial charge in [0.15, 0.2) is 0 Å². The molecular formula is C11H18FN3O2S. The number of nitrogens with one attached hydrogen (secondary N) is 1. The molecule has 5 nitrogen and oxygen atoms in total. The molecule has 1 rings (SSSR count). The molecule has 1 unspecified atom stereocenters. The Morgan fingerprint density at radius 2 is 2.11 bits per heavy atom. The molecule has 0 radical (unpaired) electrons. The van der Waals surface area contributed by atoms with Crippen molar-refractivity contribution in [3.8, 4) is 0 Å². The van der Waals surface area contributed by atoms with Gasteiger partial charge in [-0.3, -0.25) is 0 Å². The quantitative estimate of drug-likeness (QED) is 0.717. The highest BCUT2D eigenvalue weighted by atomic mass is 32.2. The van der Waals surface area contributed by atoms with E-state index in [9.17, 15) is 12.8 Å². The van der Waals surface area contributed by atoms with Gasteiger partial charge in [-0.15, -0.1) is 0 Å². The lowest BCUT2D eigenvalue weighted by Gasteiger charge is -2.13. The average molecular weight is 275 g/mol. The van der Waals surface area contributed by atoms with Crippen molar-refractivity contribution in [1.82, 2.24) is 0 Å². The Hall–Kier alpha value is -1.18. The van der Waals surface area contributed by atoms with Gasteiger partial charge in [0.05, 0.1) is 10.6 Å². The average Bonchev–Trinajstić information content (AvgIpc) is 2.26. The zero-order valence-electron chi connectivity index (χ0n) is 10.2. The van der Waals surface area contributed by atoms with Gasteiger partial charge in [-0.2, -0.15) is 0 Å². The smallest absolute Gasteiger partial charge is 0.238 e. The SMILES string of the molecule is CC(CCN)CNc1ccc(S(N)(=O)=O)cc1F. The van der Waals surface area contributed by atoms with Crippen LogP contribution in [0, 0.1) is 11.7 Å². The van der Waals surface area contributed by atoms with Crippen molar-refractivity contribution >= 4 is 15.7 Å². The predicted octanol–water partition coefficient (Wildman–Crippen LogP) is 0.870. The number of anilines is 1. The first-order chi connectivity index (χ1) is 8.34. The van der Waals surface area contributed by atoms with E-state index in [0.717, 1.165) is 12.5 Å². The van der Waals surface area contributed by atoms with Gasteiger partial charge < -0.3 is 11.1 Å². The van der Waals surface area contributed by atoms with Gasteiger partial charge in [-0.25, -0.2) is 17.9 Å². The molecule has 0 aliphatic heterocycles. The lowest BCUT2D eigenvalue weighted by Crippen LogP contribution is -2.16. The fraction of sp³-hybridized carbons (Fsp3) is 0.455. The topological polar surface area (TPSA) is 98.2 Å². The second-order valence-electron chi connectivity index (χ2n) is 4.25. The third-order valence-electron chi connectivity index (χ3n) is 2.57. The van der Waals surface area contributed by atoms with Crippen molar-refractivity contribution < 1.29 is 12.8 Å². The maximum absolute atomic E-state index is 13.6. The van der Waals surface area contributed by atoms with Crippen molar-refractivity contribution in [3.05, 3.63) is 24.0 Å². The molecule has 5 N–H and O–H groups in total. The first-order valence-electron chi connectivity index (χ1n) is 5.61. The van der Waals surface area contributed by atoms with Crippen LogP contribution in [-0.2, 0) is 10.0 Å². The molecule has 102 valence electrons. The molecule has 7 heteroatoms. The number of benzene rings is 1. The van der Waals surface area contributed by atoms with Gasteiger partial charge in [-0.1, -0.05) is 6.92 Å². The minimum absolute atomic E-state index is 0.236. The first kappa shape index (κ1) is 14.9. The van der Waals surface area contributed by atoms with E-state index in [2.05, 4.69) is 5.32 Å². The van der Waals surface area contributed by atoms with E-state index in [4.69, 9.17) is 10.9 Å². The second-order valence-corrected chi connectivity index (χ2v) is 5.81. The van der Waals surface area contributed by atoms with E-state index in [1.807, 2.05) is 6.92 Å². The fourth-order valence-corrected chi connectivity index (χ4v) is 2.01. The van der Waals surface area contributed by atoms with Crippen LogP contribution in [0.15, 0.2) is 23.1 Å². The zero-order valence-corrected chi connectivity index (χ0v) is 11.0. The number of nitrogens with two attached hydrogens (primary N) is 2. The lowest BCUT2D eigenvalue weighted by atomic mass is 10.1. The maximum atomic E-state index is 13.6. The van der Waals surface area contributed by atoms with Crippen LogP contribution in [0.5, 0.6) is 0 Å². The summed E-state index contributed by atoms with van der Waals surface area (Å²) in [5.74, 6) is -0.325. The van der Waals surface area contributed by atoms with E-state index in [-0.39, 0.29) is 10.6 Å². The van der Waals surface area contributed by atoms with Crippen molar-refractivity contribution in [1.29, 1.82) is 0 Å². The minimum atomic E-state index is -3.87. The Balaban J connectivity index is 2.75. The molecule has 0 spiro atoms. The second kappa shape index (κ2) is 6.12. The van der Waals surface area contributed by atoms with Gasteiger partial charge in [0.2, 0.25) is 10.0 Å². The summed E-state index contributed by atoms with van der Waals surface area (Å²) >= 11 is 0. The summed E-state index contributed by atoms with van der Waals surface area (Å²) in [6.07, 6.45) is 0.837. The molecule has 1 aromatic carbocycles. The van der Waals surface area contributed by atoms with Crippen molar-refractivity contribution in [2.24, 2.45) is 16.8 Å². The van der Waals surface area contributed by atoms with Crippen LogP contribution in [0.1, 0.15) is 13.3 Å². The molecule has 0 bridgehead atoms. The summed E-state index contributed by atoms with van der Waals surface area (Å²) in [5, 5.41) is 7.82. The third-order valence-corrected chi connectivity index (χ3v) is 3.48. The molecule has 1 aromatic rings. The molecule has 0 saturated heterocycles. The molecule has 0 aliphatic rings. The minimum Gasteiger partial charge on any atom is -0.382 e. The van der Waals surface area contributed by atoms with Crippen molar-refractivity contribution in [2.75, 3.05) is 18.4 Å². The molecule has 1 atom stereocenters. The molecule has 0 amide bonds. The van der Waals surface area contributed by atoms with Gasteiger partial charge in [0.1, 0.15) is 5.82 Å². The molecule has 0 fully saturated rings. The van der Waals surface area contributed by atoms with Gasteiger partial charge >= 0.3 is 0 Å². The maximum Gasteiger partial charge on any atom is 0.238 e. The molecule has 0 saturated carbocycles. The van der Waals surface area contributed by atoms with Crippen LogP contribution in [0.4, 0.5) is 10.1 Å². The van der Waals surface area contributed by atoms with Crippen LogP contribution in [0.2, 0.25) is 0 Å². The summed E-state index contributed by atoms with van der Waals surface area (Å²) in [5.41, 5.74) is 5.67. The molecular weight excluding hydrogens is 257 g/mol. The summed E-state index contributed by atoms with van der Waals surface area (Å²) in [4.78, 5) is -0.236. The summed E-state index contributed by atoms with van der Waals surface area (Å²) in [7, 11) is -3.87. The van der Waals surface area contributed by atoms with Crippen LogP contribution < -0.4 is 16.2 Å². The van der Waals surface area contributed by atoms with E-state index in [1.165, 1.54) is 12.1 Å². The highest BCUT2D eigenvalue weighted by molar-refractivity contribution is 7.89. The third kappa shape index (κ3) is 4.25. The summed E-state index contributed by atoms with van der Waals surface area (Å²) < 4.78 is 35.7. The lowest BCUT2D eigenvalue weighted by molar-refractivity contribution is 0.563. The van der Waals surface area contributed by atoms with E-state index in [1.54, 1.807) is 0 Å². The van der Waals surface area contributed by atoms with Gasteiger partial charge in [0.25, 0.3) is 0 Å². The van der Waals surface area contributed by atoms with E-state index >= 15 is 0 Å². The van der Waals surface area contributed by atoms with Gasteiger partial charge in [-0.05, 0) is 37.1 Å². The zero-order chi connectivity index (χ0) is 13.8. The Kier molecular flexibility index (Phi) is 5.06. The standard InChI is InChI=1S/C11H18FN3O2S/c1-8(4-5-13)7-15-11-3-2-9(6-10(11)12)18(14,16)17/h2-3,6,8,15H,4-5,7,13H2,1H3,(H2,14,16,17). The monoisotopic (exact) mass is 275 g/mol. The Bertz CT molecular complexity index is 505. The van der Waals surface area contributed by atoms with Crippen molar-refractivity contribution in [2.45, 2.75) is 18.2 Å². The Labute approximate surface area is 106 Å². The fourth-order valence-electron chi connectivity index (χ4n) is 1.49. The number of halogens is 1.